The fourth-order valence-electron chi connectivity index (χ4n) is 2.09. The van der Waals surface area contributed by atoms with Gasteiger partial charge in [-0.15, -0.1) is 0 Å². The van der Waals surface area contributed by atoms with Crippen molar-refractivity contribution in [2.75, 3.05) is 13.7 Å². The molecule has 0 aliphatic carbocycles. The van der Waals surface area contributed by atoms with Gasteiger partial charge in [0.25, 0.3) is 0 Å². The third-order valence-corrected chi connectivity index (χ3v) is 21.8. The molecule has 0 fully saturated rings. The van der Waals surface area contributed by atoms with Crippen LogP contribution < -0.4 is 0 Å². The summed E-state index contributed by atoms with van der Waals surface area (Å²) < 4.78 is 10.1. The average Bonchev–Trinajstić information content (AvgIpc) is 2.31. The molecular formula is C14H34O3Si3. The van der Waals surface area contributed by atoms with E-state index in [9.17, 15) is 4.79 Å². The minimum Gasteiger partial charge on any atom is -0.438 e. The molecule has 0 saturated heterocycles. The van der Waals surface area contributed by atoms with Crippen LogP contribution in [0.25, 0.3) is 0 Å². The number of ether oxygens (including phenoxy) is 2. The van der Waals surface area contributed by atoms with Crippen LogP contribution in [0, 0.1) is 0 Å². The molecule has 6 heteroatoms. The standard InChI is InChI=1S/C14H34O3Si3/c1-14(2,18-12-19(4,5)6)20(7,8)11-9-10-17-13(15)16-3/h9-12,18H2,1-8H3. The molecular weight excluding hydrogens is 300 g/mol. The summed E-state index contributed by atoms with van der Waals surface area (Å²) in [5.74, 6) is 0. The van der Waals surface area contributed by atoms with Gasteiger partial charge < -0.3 is 9.47 Å². The Balaban J connectivity index is 4.28. The van der Waals surface area contributed by atoms with E-state index < -0.39 is 22.3 Å². The molecule has 120 valence electrons. The fraction of sp³-hybridized carbons (Fsp3) is 0.929. The number of hydrogen-bond acceptors (Lipinski definition) is 3. The molecule has 0 aliphatic heterocycles. The van der Waals surface area contributed by atoms with Crippen molar-refractivity contribution in [1.29, 1.82) is 0 Å². The second-order valence-corrected chi connectivity index (χ2v) is 24.0. The van der Waals surface area contributed by atoms with Gasteiger partial charge in [0.2, 0.25) is 0 Å². The minimum absolute atomic E-state index is 0.0324. The van der Waals surface area contributed by atoms with Gasteiger partial charge in [-0.25, -0.2) is 4.79 Å². The molecule has 3 nitrogen and oxygen atoms in total. The maximum Gasteiger partial charge on any atom is 0.507 e. The van der Waals surface area contributed by atoms with Crippen molar-refractivity contribution in [3.05, 3.63) is 0 Å². The first-order valence-electron chi connectivity index (χ1n) is 7.62. The Morgan fingerprint density at radius 1 is 1.15 bits per heavy atom. The first-order valence-corrected chi connectivity index (χ1v) is 16.2. The largest absolute Gasteiger partial charge is 0.507 e. The van der Waals surface area contributed by atoms with Gasteiger partial charge in [0.05, 0.1) is 13.7 Å². The highest BCUT2D eigenvalue weighted by Gasteiger charge is 2.38. The molecule has 0 amide bonds. The molecule has 0 aromatic carbocycles. The SMILES string of the molecule is COC(=O)OCCC[Si](C)(C)C(C)(C)[SiH2]C[Si](C)(C)C. The maximum absolute atomic E-state index is 10.9. The van der Waals surface area contributed by atoms with Crippen LogP contribution in [-0.2, 0) is 9.47 Å². The lowest BCUT2D eigenvalue weighted by Gasteiger charge is -2.41. The normalized spacial score (nSPS) is 13.8. The topological polar surface area (TPSA) is 35.5 Å². The predicted octanol–water partition coefficient (Wildman–Crippen LogP) is 4.07. The summed E-state index contributed by atoms with van der Waals surface area (Å²) in [5.41, 5.74) is 1.54. The van der Waals surface area contributed by atoms with E-state index in [1.807, 2.05) is 0 Å². The Labute approximate surface area is 129 Å². The van der Waals surface area contributed by atoms with Gasteiger partial charge in [-0.1, -0.05) is 58.3 Å². The van der Waals surface area contributed by atoms with Crippen molar-refractivity contribution < 1.29 is 14.3 Å². The first kappa shape index (κ1) is 19.9. The van der Waals surface area contributed by atoms with Crippen LogP contribution >= 0.6 is 0 Å². The van der Waals surface area contributed by atoms with E-state index in [-0.39, 0.29) is 9.52 Å². The summed E-state index contributed by atoms with van der Waals surface area (Å²) in [5, 5.41) is 0. The zero-order valence-corrected chi connectivity index (χ0v) is 18.2. The van der Waals surface area contributed by atoms with Crippen molar-refractivity contribution in [1.82, 2.24) is 0 Å². The van der Waals surface area contributed by atoms with E-state index in [4.69, 9.17) is 4.74 Å². The van der Waals surface area contributed by atoms with Crippen molar-refractivity contribution in [3.8, 4) is 0 Å². The van der Waals surface area contributed by atoms with Crippen LogP contribution in [0.3, 0.4) is 0 Å². The molecule has 0 aromatic rings. The Kier molecular flexibility index (Phi) is 7.76. The highest BCUT2D eigenvalue weighted by atomic mass is 28.4. The number of rotatable bonds is 8. The van der Waals surface area contributed by atoms with Gasteiger partial charge in [0.15, 0.2) is 0 Å². The smallest absolute Gasteiger partial charge is 0.438 e. The Hall–Kier alpha value is -0.0794. The second-order valence-electron chi connectivity index (χ2n) is 8.23. The van der Waals surface area contributed by atoms with Gasteiger partial charge in [0.1, 0.15) is 0 Å². The summed E-state index contributed by atoms with van der Waals surface area (Å²) in [6.45, 7) is 17.9. The number of carbonyl (C=O) groups is 1. The van der Waals surface area contributed by atoms with Crippen LogP contribution in [0.4, 0.5) is 4.79 Å². The zero-order chi connectivity index (χ0) is 16.0. The molecule has 0 aliphatic rings. The second kappa shape index (κ2) is 7.79. The molecule has 0 rings (SSSR count). The minimum atomic E-state index is -1.26. The third-order valence-electron chi connectivity index (χ3n) is 4.66. The fourth-order valence-corrected chi connectivity index (χ4v) is 13.7. The molecule has 0 radical (unpaired) electrons. The van der Waals surface area contributed by atoms with E-state index in [0.29, 0.717) is 11.3 Å². The van der Waals surface area contributed by atoms with E-state index in [2.05, 4.69) is 51.3 Å². The monoisotopic (exact) mass is 334 g/mol. The molecule has 0 heterocycles. The molecule has 0 aromatic heterocycles. The molecule has 0 saturated carbocycles. The third kappa shape index (κ3) is 7.64. The van der Waals surface area contributed by atoms with E-state index in [1.54, 1.807) is 0 Å². The maximum atomic E-state index is 10.9. The molecule has 0 unspecified atom stereocenters. The van der Waals surface area contributed by atoms with E-state index >= 15 is 0 Å². The molecule has 0 spiro atoms. The number of carbonyl (C=O) groups excluding carboxylic acids is 1. The van der Waals surface area contributed by atoms with Crippen LogP contribution in [0.5, 0.6) is 0 Å². The highest BCUT2D eigenvalue weighted by Crippen LogP contribution is 2.40. The van der Waals surface area contributed by atoms with Crippen molar-refractivity contribution in [2.24, 2.45) is 0 Å². The number of hydrogen-bond donors (Lipinski definition) is 0. The van der Waals surface area contributed by atoms with E-state index in [1.165, 1.54) is 18.8 Å². The average molecular weight is 335 g/mol. The van der Waals surface area contributed by atoms with Crippen molar-refractivity contribution >= 4 is 31.8 Å². The Morgan fingerprint density at radius 3 is 2.15 bits per heavy atom. The summed E-state index contributed by atoms with van der Waals surface area (Å²) in [6.07, 6.45) is 0.413. The summed E-state index contributed by atoms with van der Waals surface area (Å²) >= 11 is 0. The summed E-state index contributed by atoms with van der Waals surface area (Å²) in [7, 11) is -0.846. The Morgan fingerprint density at radius 2 is 1.70 bits per heavy atom. The van der Waals surface area contributed by atoms with Gasteiger partial charge in [-0.3, -0.25) is 0 Å². The number of methoxy groups -OCH3 is 1. The lowest BCUT2D eigenvalue weighted by atomic mass is 10.5. The van der Waals surface area contributed by atoms with Gasteiger partial charge in [0, 0.05) is 25.7 Å². The van der Waals surface area contributed by atoms with E-state index in [0.717, 1.165) is 6.42 Å². The van der Waals surface area contributed by atoms with Crippen molar-refractivity contribution in [3.63, 3.8) is 0 Å². The molecule has 0 N–H and O–H groups in total. The summed E-state index contributed by atoms with van der Waals surface area (Å²) in [6, 6.07) is 1.23. The van der Waals surface area contributed by atoms with Crippen molar-refractivity contribution in [2.45, 2.75) is 69.4 Å². The van der Waals surface area contributed by atoms with Gasteiger partial charge >= 0.3 is 6.16 Å². The van der Waals surface area contributed by atoms with Gasteiger partial charge in [-0.2, -0.15) is 0 Å². The van der Waals surface area contributed by atoms with Crippen LogP contribution in [0.1, 0.15) is 20.3 Å². The first-order chi connectivity index (χ1) is 8.91. The van der Waals surface area contributed by atoms with Crippen LogP contribution in [0.2, 0.25) is 49.1 Å². The molecule has 0 atom stereocenters. The molecule has 0 bridgehead atoms. The zero-order valence-electron chi connectivity index (χ0n) is 14.8. The van der Waals surface area contributed by atoms with Crippen LogP contribution in [0.15, 0.2) is 0 Å². The predicted molar refractivity (Wildman–Crippen MR) is 96.0 cm³/mol. The lowest BCUT2D eigenvalue weighted by Crippen LogP contribution is -2.44. The summed E-state index contributed by atoms with van der Waals surface area (Å²) in [4.78, 5) is 10.9. The Bertz CT molecular complexity index is 309. The van der Waals surface area contributed by atoms with Gasteiger partial charge in [-0.05, 0) is 11.1 Å². The van der Waals surface area contributed by atoms with Crippen LogP contribution in [-0.4, -0.2) is 45.5 Å². The molecule has 20 heavy (non-hydrogen) atoms. The highest BCUT2D eigenvalue weighted by molar-refractivity contribution is 6.92. The lowest BCUT2D eigenvalue weighted by molar-refractivity contribution is 0.0727. The quantitative estimate of drug-likeness (QED) is 0.381.